The topological polar surface area (TPSA) is 34.1 Å². The fourth-order valence-corrected chi connectivity index (χ4v) is 17.8. The summed E-state index contributed by atoms with van der Waals surface area (Å²) in [6.45, 7) is -5.63. The molecule has 0 saturated heterocycles. The SMILES string of the molecule is O=C(C(c1ccccc1)=P(c1ccccc1)(c1ccccc1)c1ccccc1)c1ccc(C(=O)C(c2ccccc2)=P(c2ccccc2)(c2ccccc2)c2ccccc2)cc1. The average molecular weight is 835 g/mol. The Balaban J connectivity index is 1.31. The third kappa shape index (κ3) is 7.39. The summed E-state index contributed by atoms with van der Waals surface area (Å²) in [7, 11) is 0. The number of ketones is 2. The van der Waals surface area contributed by atoms with Gasteiger partial charge in [0, 0.05) is 21.7 Å². The summed E-state index contributed by atoms with van der Waals surface area (Å²) in [6, 6.07) is 90.4. The lowest BCUT2D eigenvalue weighted by Crippen LogP contribution is -2.34. The lowest BCUT2D eigenvalue weighted by molar-refractivity contribution is 0.105. The van der Waals surface area contributed by atoms with E-state index in [-0.39, 0.29) is 11.6 Å². The van der Waals surface area contributed by atoms with E-state index in [0.29, 0.717) is 11.1 Å². The van der Waals surface area contributed by atoms with Crippen molar-refractivity contribution < 1.29 is 9.59 Å². The lowest BCUT2D eigenvalue weighted by Gasteiger charge is -2.33. The van der Waals surface area contributed by atoms with Crippen molar-refractivity contribution in [1.29, 1.82) is 0 Å². The van der Waals surface area contributed by atoms with Gasteiger partial charge in [-0.3, -0.25) is 9.59 Å². The van der Waals surface area contributed by atoms with Crippen molar-refractivity contribution in [1.82, 2.24) is 0 Å². The van der Waals surface area contributed by atoms with Gasteiger partial charge in [-0.1, -0.05) is 267 Å². The fraction of sp³-hybridized carbons (Fsp3) is 0. The Morgan fingerprint density at radius 3 is 0.581 bits per heavy atom. The molecule has 0 spiro atoms. The summed E-state index contributed by atoms with van der Waals surface area (Å²) in [5.74, 6) is -0.154. The number of carbonyl (C=O) groups excluding carboxylic acids is 2. The maximum atomic E-state index is 15.8. The van der Waals surface area contributed by atoms with E-state index in [9.17, 15) is 0 Å². The molecule has 0 aliphatic rings. The Hall–Kier alpha value is -7.08. The summed E-state index contributed by atoms with van der Waals surface area (Å²) < 4.78 is 0. The summed E-state index contributed by atoms with van der Waals surface area (Å²) in [6.07, 6.45) is 0. The molecule has 0 aromatic heterocycles. The fourth-order valence-electron chi connectivity index (χ4n) is 8.77. The van der Waals surface area contributed by atoms with E-state index in [0.717, 1.165) is 53.5 Å². The highest BCUT2D eigenvalue weighted by Gasteiger charge is 2.36. The van der Waals surface area contributed by atoms with Gasteiger partial charge in [0.25, 0.3) is 0 Å². The molecule has 0 radical (unpaired) electrons. The van der Waals surface area contributed by atoms with E-state index < -0.39 is 13.8 Å². The lowest BCUT2D eigenvalue weighted by atomic mass is 9.98. The van der Waals surface area contributed by atoms with E-state index in [2.05, 4.69) is 170 Å². The predicted octanol–water partition coefficient (Wildman–Crippen LogP) is 10.5. The molecular weight excluding hydrogens is 791 g/mol. The van der Waals surface area contributed by atoms with Crippen molar-refractivity contribution in [3.63, 3.8) is 0 Å². The highest BCUT2D eigenvalue weighted by atomic mass is 31.2. The van der Waals surface area contributed by atoms with Crippen LogP contribution in [0, 0.1) is 0 Å². The van der Waals surface area contributed by atoms with Crippen molar-refractivity contribution in [2.45, 2.75) is 0 Å². The van der Waals surface area contributed by atoms with Crippen LogP contribution in [0.4, 0.5) is 0 Å². The molecule has 0 aliphatic carbocycles. The van der Waals surface area contributed by atoms with Crippen molar-refractivity contribution in [3.05, 3.63) is 289 Å². The summed E-state index contributed by atoms with van der Waals surface area (Å²) in [5.41, 5.74) is 2.77. The number of Topliss-reactive ketones (excluding diaryl/α,β-unsaturated/α-hetero) is 2. The summed E-state index contributed by atoms with van der Waals surface area (Å²) >= 11 is 0. The van der Waals surface area contributed by atoms with Gasteiger partial charge in [0.2, 0.25) is 0 Å². The molecule has 0 amide bonds. The van der Waals surface area contributed by atoms with Crippen LogP contribution in [-0.2, 0) is 0 Å². The third-order valence-corrected chi connectivity index (χ3v) is 20.2. The van der Waals surface area contributed by atoms with Crippen molar-refractivity contribution >= 4 is 67.8 Å². The molecule has 9 rings (SSSR count). The highest BCUT2D eigenvalue weighted by Crippen LogP contribution is 2.50. The first-order chi connectivity index (χ1) is 30.6. The molecule has 2 nitrogen and oxygen atoms in total. The largest absolute Gasteiger partial charge is 0.289 e. The second-order valence-corrected chi connectivity index (χ2v) is 21.7. The molecule has 0 atom stereocenters. The second-order valence-electron chi connectivity index (χ2n) is 15.0. The minimum Gasteiger partial charge on any atom is -0.289 e. The standard InChI is InChI=1S/C58H44O2P2/c59-55(57(47-25-9-1-10-26-47)61(49-29-13-3-14-30-49,50-31-15-4-16-32-50)51-33-17-5-18-34-51)45-41-43-46(44-42-45)56(60)58(48-27-11-2-12-28-48)62(52-35-19-6-20-36-52,53-37-21-7-22-38-53)54-39-23-8-24-40-54/h1-44H. The first-order valence-electron chi connectivity index (χ1n) is 20.8. The van der Waals surface area contributed by atoms with Crippen LogP contribution in [0.1, 0.15) is 31.8 Å². The molecule has 0 N–H and O–H groups in total. The van der Waals surface area contributed by atoms with E-state index in [4.69, 9.17) is 0 Å². The van der Waals surface area contributed by atoms with E-state index in [1.54, 1.807) is 0 Å². The average Bonchev–Trinajstić information content (AvgIpc) is 3.36. The van der Waals surface area contributed by atoms with Crippen LogP contribution < -0.4 is 31.8 Å². The molecule has 4 heteroatoms. The first kappa shape index (κ1) is 40.3. The van der Waals surface area contributed by atoms with E-state index in [1.165, 1.54) is 0 Å². The maximum Gasteiger partial charge on any atom is 0.194 e. The molecule has 0 saturated carbocycles. The molecule has 0 unspecified atom stereocenters. The Morgan fingerprint density at radius 2 is 0.387 bits per heavy atom. The van der Waals surface area contributed by atoms with Gasteiger partial charge in [-0.25, -0.2) is 0 Å². The summed E-state index contributed by atoms with van der Waals surface area (Å²) in [5, 5.41) is 7.98. The van der Waals surface area contributed by atoms with Crippen LogP contribution >= 0.6 is 13.8 Å². The molecule has 0 fully saturated rings. The van der Waals surface area contributed by atoms with Gasteiger partial charge < -0.3 is 0 Å². The van der Waals surface area contributed by atoms with Crippen LogP contribution in [-0.4, -0.2) is 22.2 Å². The van der Waals surface area contributed by atoms with Crippen molar-refractivity contribution in [2.75, 3.05) is 0 Å². The van der Waals surface area contributed by atoms with Gasteiger partial charge in [0.05, 0.1) is 0 Å². The van der Waals surface area contributed by atoms with Gasteiger partial charge in [0.1, 0.15) is 0 Å². The Bertz CT molecular complexity index is 2620. The zero-order chi connectivity index (χ0) is 42.2. The van der Waals surface area contributed by atoms with Gasteiger partial charge in [0.15, 0.2) is 11.6 Å². The molecule has 9 aromatic rings. The second kappa shape index (κ2) is 18.3. The van der Waals surface area contributed by atoms with Crippen LogP contribution in [0.25, 0.3) is 0 Å². The van der Waals surface area contributed by atoms with Gasteiger partial charge >= 0.3 is 0 Å². The van der Waals surface area contributed by atoms with E-state index in [1.807, 2.05) is 97.1 Å². The molecule has 0 bridgehead atoms. The molecule has 9 aromatic carbocycles. The maximum absolute atomic E-state index is 15.8. The number of hydrogen-bond donors (Lipinski definition) is 0. The zero-order valence-corrected chi connectivity index (χ0v) is 35.9. The van der Waals surface area contributed by atoms with Crippen LogP contribution in [0.15, 0.2) is 267 Å². The smallest absolute Gasteiger partial charge is 0.194 e. The first-order valence-corrected chi connectivity index (χ1v) is 24.4. The Labute approximate surface area is 364 Å². The number of benzene rings is 9. The minimum atomic E-state index is -2.82. The number of hydrogen-bond acceptors (Lipinski definition) is 2. The van der Waals surface area contributed by atoms with Crippen molar-refractivity contribution in [2.24, 2.45) is 0 Å². The van der Waals surface area contributed by atoms with Gasteiger partial charge in [-0.2, -0.15) is 0 Å². The third-order valence-electron chi connectivity index (χ3n) is 11.5. The molecule has 62 heavy (non-hydrogen) atoms. The molecular formula is C58H44O2P2. The number of rotatable bonds is 12. The number of carbonyl (C=O) groups is 2. The normalized spacial score (nSPS) is 11.4. The van der Waals surface area contributed by atoms with E-state index >= 15 is 9.59 Å². The van der Waals surface area contributed by atoms with Crippen LogP contribution in [0.3, 0.4) is 0 Å². The molecule has 298 valence electrons. The van der Waals surface area contributed by atoms with Gasteiger partial charge in [-0.15, -0.1) is 0 Å². The Kier molecular flexibility index (Phi) is 11.9. The quantitative estimate of drug-likeness (QED) is 0.0908. The highest BCUT2D eigenvalue weighted by molar-refractivity contribution is 7.97. The monoisotopic (exact) mass is 834 g/mol. The predicted molar refractivity (Wildman–Crippen MR) is 267 cm³/mol. The van der Waals surface area contributed by atoms with Crippen LogP contribution in [0.5, 0.6) is 0 Å². The summed E-state index contributed by atoms with van der Waals surface area (Å²) in [4.78, 5) is 31.5. The van der Waals surface area contributed by atoms with Crippen LogP contribution in [0.2, 0.25) is 0 Å². The molecule has 0 aliphatic heterocycles. The van der Waals surface area contributed by atoms with Gasteiger partial charge in [-0.05, 0) is 56.7 Å². The minimum absolute atomic E-state index is 0.0768. The molecule has 0 heterocycles. The Morgan fingerprint density at radius 1 is 0.210 bits per heavy atom. The van der Waals surface area contributed by atoms with Crippen molar-refractivity contribution in [3.8, 4) is 0 Å². The zero-order valence-electron chi connectivity index (χ0n) is 34.1.